The maximum Gasteiger partial charge on any atom is 0.327 e. The number of fused-ring (bicyclic) bond motifs is 2. The summed E-state index contributed by atoms with van der Waals surface area (Å²) in [4.78, 5) is 53.5. The molecule has 3 fully saturated rings. The van der Waals surface area contributed by atoms with Crippen LogP contribution in [-0.4, -0.2) is 113 Å². The first-order chi connectivity index (χ1) is 26.4. The van der Waals surface area contributed by atoms with Crippen LogP contribution in [-0.2, 0) is 6.54 Å². The Hall–Kier alpha value is -5.62. The van der Waals surface area contributed by atoms with Crippen molar-refractivity contribution in [3.05, 3.63) is 56.6 Å². The molecule has 8 rings (SSSR count). The summed E-state index contributed by atoms with van der Waals surface area (Å²) in [5.74, 6) is -0.947. The molecule has 0 radical (unpaired) electrons. The monoisotopic (exact) mass is 759 g/mol. The van der Waals surface area contributed by atoms with Gasteiger partial charge in [-0.05, 0) is 52.9 Å². The number of nitrogens with one attached hydrogen (secondary N) is 2. The molecule has 55 heavy (non-hydrogen) atoms. The Kier molecular flexibility index (Phi) is 9.40. The quantitative estimate of drug-likeness (QED) is 0.235. The fourth-order valence-corrected chi connectivity index (χ4v) is 7.46. The Morgan fingerprint density at radius 1 is 0.945 bits per heavy atom. The lowest BCUT2D eigenvalue weighted by atomic mass is 10.1. The molecule has 1 atom stereocenters. The Morgan fingerprint density at radius 2 is 1.67 bits per heavy atom. The van der Waals surface area contributed by atoms with Crippen LogP contribution in [0.25, 0.3) is 33.4 Å². The number of carbonyl (C=O) groups is 1. The maximum atomic E-state index is 16.0. The number of hydrogen-bond donors (Lipinski definition) is 2. The molecular weight excluding hydrogens is 716 g/mol. The Morgan fingerprint density at radius 3 is 2.36 bits per heavy atom. The van der Waals surface area contributed by atoms with E-state index in [1.807, 2.05) is 35.4 Å². The zero-order valence-corrected chi connectivity index (χ0v) is 31.4. The van der Waals surface area contributed by atoms with Crippen molar-refractivity contribution in [1.29, 1.82) is 0 Å². The largest absolute Gasteiger partial charge is 0.492 e. The Bertz CT molecular complexity index is 2440. The first kappa shape index (κ1) is 36.4. The van der Waals surface area contributed by atoms with Gasteiger partial charge in [0.25, 0.3) is 5.89 Å². The lowest BCUT2D eigenvalue weighted by Crippen LogP contribution is -2.50. The van der Waals surface area contributed by atoms with Gasteiger partial charge >= 0.3 is 12.0 Å². The lowest BCUT2D eigenvalue weighted by Gasteiger charge is -2.39. The second kappa shape index (κ2) is 14.2. The van der Waals surface area contributed by atoms with Crippen molar-refractivity contribution in [1.82, 2.24) is 34.1 Å². The fraction of sp³-hybridized carbons (Fsp3) is 0.459. The summed E-state index contributed by atoms with van der Waals surface area (Å²) < 4.78 is 46.4. The van der Waals surface area contributed by atoms with Gasteiger partial charge in [0.2, 0.25) is 10.9 Å². The first-order valence-corrected chi connectivity index (χ1v) is 18.4. The zero-order valence-electron chi connectivity index (χ0n) is 31.4. The van der Waals surface area contributed by atoms with E-state index in [9.17, 15) is 14.4 Å². The molecule has 2 aliphatic heterocycles. The van der Waals surface area contributed by atoms with Crippen molar-refractivity contribution in [2.24, 2.45) is 0 Å². The number of pyridine rings is 3. The Balaban J connectivity index is 1.07. The van der Waals surface area contributed by atoms with Crippen LogP contribution < -0.4 is 36.0 Å². The van der Waals surface area contributed by atoms with E-state index in [1.54, 1.807) is 10.8 Å². The highest BCUT2D eigenvalue weighted by Gasteiger charge is 2.32. The molecule has 3 aliphatic rings. The van der Waals surface area contributed by atoms with Crippen LogP contribution >= 0.6 is 0 Å². The molecule has 1 aromatic carbocycles. The number of rotatable bonds is 8. The molecule has 2 saturated heterocycles. The van der Waals surface area contributed by atoms with Crippen LogP contribution in [0.5, 0.6) is 5.75 Å². The number of urea groups is 1. The molecule has 18 heteroatoms. The number of carbonyl (C=O) groups excluding carboxylic acids is 1. The number of likely N-dealkylation sites (N-methyl/N-ethyl adjacent to an activating group) is 2. The van der Waals surface area contributed by atoms with Crippen LogP contribution in [0.1, 0.15) is 32.7 Å². The molecule has 0 spiro atoms. The number of aromatic nitrogens is 5. The molecule has 5 aromatic rings. The van der Waals surface area contributed by atoms with E-state index in [-0.39, 0.29) is 57.6 Å². The molecule has 290 valence electrons. The number of halogens is 2. The summed E-state index contributed by atoms with van der Waals surface area (Å²) in [6.45, 7) is 9.00. The third-order valence-corrected chi connectivity index (χ3v) is 10.9. The van der Waals surface area contributed by atoms with Crippen LogP contribution in [0.3, 0.4) is 0 Å². The molecule has 2 N–H and O–H groups in total. The molecule has 1 unspecified atom stereocenters. The van der Waals surface area contributed by atoms with Crippen LogP contribution in [0, 0.1) is 11.6 Å². The van der Waals surface area contributed by atoms with Gasteiger partial charge in [0.15, 0.2) is 23.2 Å². The van der Waals surface area contributed by atoms with Gasteiger partial charge in [-0.25, -0.2) is 18.6 Å². The van der Waals surface area contributed by atoms with E-state index >= 15 is 8.78 Å². The van der Waals surface area contributed by atoms with Crippen molar-refractivity contribution >= 4 is 51.2 Å². The average Bonchev–Trinajstić information content (AvgIpc) is 3.92. The minimum atomic E-state index is -0.878. The highest BCUT2D eigenvalue weighted by molar-refractivity contribution is 6.01. The molecule has 1 saturated carbocycles. The topological polar surface area (TPSA) is 159 Å². The van der Waals surface area contributed by atoms with Crippen molar-refractivity contribution in [3.8, 4) is 17.2 Å². The van der Waals surface area contributed by atoms with Crippen molar-refractivity contribution < 1.29 is 22.7 Å². The number of hydrogen-bond acceptors (Lipinski definition) is 12. The minimum Gasteiger partial charge on any atom is -0.492 e. The normalized spacial score (nSPS) is 18.3. The molecule has 2 amide bonds. The molecule has 6 heterocycles. The van der Waals surface area contributed by atoms with E-state index in [0.29, 0.717) is 49.6 Å². The van der Waals surface area contributed by atoms with Gasteiger partial charge in [-0.2, -0.15) is 0 Å². The molecule has 0 bridgehead atoms. The first-order valence-electron chi connectivity index (χ1n) is 18.4. The van der Waals surface area contributed by atoms with Gasteiger partial charge in [-0.15, -0.1) is 5.10 Å². The van der Waals surface area contributed by atoms with Crippen molar-refractivity contribution in [2.75, 3.05) is 87.5 Å². The van der Waals surface area contributed by atoms with Gasteiger partial charge in [0, 0.05) is 76.8 Å². The summed E-state index contributed by atoms with van der Waals surface area (Å²) in [5, 5.41) is 12.9. The molecule has 1 aliphatic carbocycles. The number of anilines is 4. The van der Waals surface area contributed by atoms with E-state index in [0.717, 1.165) is 32.5 Å². The third-order valence-electron chi connectivity index (χ3n) is 10.9. The van der Waals surface area contributed by atoms with E-state index in [1.165, 1.54) is 25.4 Å². The average molecular weight is 760 g/mol. The summed E-state index contributed by atoms with van der Waals surface area (Å²) in [6, 6.07) is 1.38. The predicted molar refractivity (Wildman–Crippen MR) is 205 cm³/mol. The third kappa shape index (κ3) is 6.62. The van der Waals surface area contributed by atoms with Crippen LogP contribution in [0.4, 0.5) is 36.8 Å². The second-order valence-electron chi connectivity index (χ2n) is 14.5. The number of nitrogens with zero attached hydrogens (tertiary/aromatic N) is 9. The van der Waals surface area contributed by atoms with Gasteiger partial charge in [0.1, 0.15) is 22.6 Å². The lowest BCUT2D eigenvalue weighted by molar-refractivity contribution is 0.232. The molecule has 4 aromatic heterocycles. The van der Waals surface area contributed by atoms with Crippen molar-refractivity contribution in [2.45, 2.75) is 45.3 Å². The number of benzene rings is 1. The minimum absolute atomic E-state index is 0.00733. The number of ether oxygens (including phenoxy) is 1. The highest BCUT2D eigenvalue weighted by Crippen LogP contribution is 2.44. The number of piperazine rings is 2. The summed E-state index contributed by atoms with van der Waals surface area (Å²) >= 11 is 0. The predicted octanol–water partition coefficient (Wildman–Crippen LogP) is 3.94. The Labute approximate surface area is 314 Å². The summed E-state index contributed by atoms with van der Waals surface area (Å²) in [5.41, 5.74) is -0.180. The second-order valence-corrected chi connectivity index (χ2v) is 14.5. The number of amides is 2. The van der Waals surface area contributed by atoms with Gasteiger partial charge in [-0.1, -0.05) is 5.10 Å². The number of methoxy groups -OCH3 is 1. The molecular formula is C37H43F2N11O5. The zero-order chi connectivity index (χ0) is 38.7. The maximum absolute atomic E-state index is 16.0. The standard InChI is InChI=1S/C37H43F2N11O5/c1-6-47-18-24(30(51)23-16-26(39)34(41-33(23)47)48-12-9-45(3)10-13-48)35-43-44-37(55-35)42-36(53)40-27-19-50(21-7-8-21)28-22(31(27)52)15-25(38)29(32(28)54-5)49-14-11-46(4)20(2)17-49/h15-16,18-21H,6-14,17H2,1-5H3,(H2,40,42,44,53). The van der Waals surface area contributed by atoms with Gasteiger partial charge in [0.05, 0.1) is 23.4 Å². The highest BCUT2D eigenvalue weighted by atomic mass is 19.1. The number of aryl methyl sites for hydroxylation is 1. The van der Waals surface area contributed by atoms with E-state index in [2.05, 4.69) is 42.5 Å². The van der Waals surface area contributed by atoms with Gasteiger partial charge in [-0.3, -0.25) is 14.9 Å². The van der Waals surface area contributed by atoms with E-state index < -0.39 is 28.5 Å². The smallest absolute Gasteiger partial charge is 0.327 e. The SMILES string of the molecule is CCn1cc(-c2nnc(NC(=O)Nc3cn(C4CC4)c4c(OC)c(N5CCN(C)C(C)C5)c(F)cc4c3=O)o2)c(=O)c2cc(F)c(N3CCN(C)CC3)nc21. The fourth-order valence-electron chi connectivity index (χ4n) is 7.46. The van der Waals surface area contributed by atoms with Crippen LogP contribution in [0.2, 0.25) is 0 Å². The van der Waals surface area contributed by atoms with Crippen LogP contribution in [0.15, 0.2) is 38.5 Å². The summed E-state index contributed by atoms with van der Waals surface area (Å²) in [7, 11) is 5.50. The van der Waals surface area contributed by atoms with Gasteiger partial charge < -0.3 is 43.2 Å². The van der Waals surface area contributed by atoms with E-state index in [4.69, 9.17) is 9.15 Å². The molecule has 16 nitrogen and oxygen atoms in total. The van der Waals surface area contributed by atoms with Crippen molar-refractivity contribution in [3.63, 3.8) is 0 Å². The summed E-state index contributed by atoms with van der Waals surface area (Å²) in [6.07, 6.45) is 4.73.